The third kappa shape index (κ3) is 3.61. The highest BCUT2D eigenvalue weighted by atomic mass is 16.5. The number of aromatic nitrogens is 4. The molecular weight excluding hydrogens is 334 g/mol. The van der Waals surface area contributed by atoms with Gasteiger partial charge in [-0.15, -0.1) is 0 Å². The van der Waals surface area contributed by atoms with Crippen LogP contribution in [0.15, 0.2) is 30.6 Å². The van der Waals surface area contributed by atoms with E-state index in [1.807, 2.05) is 46.5 Å². The third-order valence-corrected chi connectivity index (χ3v) is 4.10. The summed E-state index contributed by atoms with van der Waals surface area (Å²) >= 11 is 0. The number of rotatable bonds is 8. The number of hydrogen-bond acceptors (Lipinski definition) is 5. The Labute approximate surface area is 151 Å². The van der Waals surface area contributed by atoms with E-state index in [0.717, 1.165) is 17.0 Å². The highest BCUT2D eigenvalue weighted by molar-refractivity contribution is 5.99. The molecule has 3 aromatic rings. The number of carbonyl (C=O) groups excluding carboxylic acids is 1. The van der Waals surface area contributed by atoms with E-state index in [2.05, 4.69) is 15.3 Å². The van der Waals surface area contributed by atoms with Gasteiger partial charge >= 0.3 is 0 Å². The summed E-state index contributed by atoms with van der Waals surface area (Å²) in [5.74, 6) is 1.28. The first-order valence-electron chi connectivity index (χ1n) is 8.43. The first-order chi connectivity index (χ1) is 12.7. The molecule has 0 spiro atoms. The van der Waals surface area contributed by atoms with Crippen LogP contribution in [0.1, 0.15) is 16.3 Å². The number of amides is 1. The molecule has 3 aromatic heterocycles. The van der Waals surface area contributed by atoms with Crippen LogP contribution >= 0.6 is 0 Å². The zero-order valence-corrected chi connectivity index (χ0v) is 15.2. The Morgan fingerprint density at radius 2 is 2.00 bits per heavy atom. The van der Waals surface area contributed by atoms with Gasteiger partial charge in [-0.05, 0) is 19.1 Å². The van der Waals surface area contributed by atoms with Gasteiger partial charge in [0.05, 0.1) is 18.7 Å². The van der Waals surface area contributed by atoms with Crippen LogP contribution < -0.4 is 5.32 Å². The largest absolute Gasteiger partial charge is 0.383 e. The number of ether oxygens (including phenoxy) is 2. The van der Waals surface area contributed by atoms with Crippen molar-refractivity contribution in [3.8, 4) is 11.5 Å². The Kier molecular flexibility index (Phi) is 5.65. The third-order valence-electron chi connectivity index (χ3n) is 4.10. The van der Waals surface area contributed by atoms with Crippen LogP contribution in [-0.2, 0) is 16.0 Å². The zero-order valence-electron chi connectivity index (χ0n) is 15.2. The van der Waals surface area contributed by atoms with Gasteiger partial charge in [-0.1, -0.05) is 6.07 Å². The molecule has 8 nitrogen and oxygen atoms in total. The molecular formula is C18H23N5O3. The van der Waals surface area contributed by atoms with Crippen LogP contribution in [0.25, 0.3) is 17.0 Å². The fourth-order valence-corrected chi connectivity index (χ4v) is 2.77. The van der Waals surface area contributed by atoms with Gasteiger partial charge in [0.15, 0.2) is 11.5 Å². The molecule has 3 rings (SSSR count). The molecule has 0 saturated heterocycles. The van der Waals surface area contributed by atoms with Gasteiger partial charge in [0, 0.05) is 39.7 Å². The molecule has 26 heavy (non-hydrogen) atoms. The summed E-state index contributed by atoms with van der Waals surface area (Å²) in [5, 5.41) is 2.82. The smallest absolute Gasteiger partial charge is 0.272 e. The highest BCUT2D eigenvalue weighted by Gasteiger charge is 2.20. The topological polar surface area (TPSA) is 82.7 Å². The first-order valence-corrected chi connectivity index (χ1v) is 8.43. The Morgan fingerprint density at radius 3 is 2.77 bits per heavy atom. The number of methoxy groups -OCH3 is 2. The zero-order chi connectivity index (χ0) is 18.5. The van der Waals surface area contributed by atoms with Crippen LogP contribution in [-0.4, -0.2) is 58.8 Å². The Hall–Kier alpha value is -2.71. The molecule has 1 amide bonds. The van der Waals surface area contributed by atoms with E-state index in [0.29, 0.717) is 37.8 Å². The minimum Gasteiger partial charge on any atom is -0.383 e. The SMILES string of the molecule is COCCNC(=O)c1nc(-c2cn(CCOC)c(C)n2)n2ccccc12. The fourth-order valence-electron chi connectivity index (χ4n) is 2.77. The average Bonchev–Trinajstić information content (AvgIpc) is 3.21. The van der Waals surface area contributed by atoms with Crippen LogP contribution in [0.2, 0.25) is 0 Å². The number of nitrogens with one attached hydrogen (secondary N) is 1. The number of carbonyl (C=O) groups is 1. The van der Waals surface area contributed by atoms with Gasteiger partial charge in [0.2, 0.25) is 0 Å². The maximum atomic E-state index is 12.5. The normalized spacial score (nSPS) is 11.2. The molecule has 8 heteroatoms. The number of aryl methyl sites for hydroxylation is 1. The monoisotopic (exact) mass is 357 g/mol. The van der Waals surface area contributed by atoms with Gasteiger partial charge in [-0.3, -0.25) is 9.20 Å². The molecule has 0 radical (unpaired) electrons. The van der Waals surface area contributed by atoms with E-state index < -0.39 is 0 Å². The number of imidazole rings is 2. The minimum absolute atomic E-state index is 0.229. The van der Waals surface area contributed by atoms with Crippen LogP contribution in [0.4, 0.5) is 0 Å². The van der Waals surface area contributed by atoms with E-state index >= 15 is 0 Å². The lowest BCUT2D eigenvalue weighted by atomic mass is 10.3. The Morgan fingerprint density at radius 1 is 1.19 bits per heavy atom. The molecule has 0 atom stereocenters. The lowest BCUT2D eigenvalue weighted by Gasteiger charge is -2.02. The van der Waals surface area contributed by atoms with Crippen molar-refractivity contribution in [3.63, 3.8) is 0 Å². The maximum Gasteiger partial charge on any atom is 0.272 e. The summed E-state index contributed by atoms with van der Waals surface area (Å²) in [4.78, 5) is 21.7. The quantitative estimate of drug-likeness (QED) is 0.618. The molecule has 1 N–H and O–H groups in total. The summed E-state index contributed by atoms with van der Waals surface area (Å²) in [7, 11) is 3.27. The standard InChI is InChI=1S/C18H23N5O3/c1-13-20-14(12-22(13)9-11-26-3)17-21-16(18(24)19-7-10-25-2)15-6-4-5-8-23(15)17/h4-6,8,12H,7,9-11H2,1-3H3,(H,19,24). The van der Waals surface area contributed by atoms with Crippen molar-refractivity contribution < 1.29 is 14.3 Å². The molecule has 138 valence electrons. The summed E-state index contributed by atoms with van der Waals surface area (Å²) < 4.78 is 14.0. The van der Waals surface area contributed by atoms with Gasteiger partial charge in [0.1, 0.15) is 11.5 Å². The lowest BCUT2D eigenvalue weighted by molar-refractivity contribution is 0.0934. The predicted molar refractivity (Wildman–Crippen MR) is 97.2 cm³/mol. The van der Waals surface area contributed by atoms with Crippen molar-refractivity contribution in [2.45, 2.75) is 13.5 Å². The molecule has 0 aromatic carbocycles. The Balaban J connectivity index is 1.98. The van der Waals surface area contributed by atoms with Crippen molar-refractivity contribution in [1.82, 2.24) is 24.3 Å². The predicted octanol–water partition coefficient (Wildman–Crippen LogP) is 1.53. The van der Waals surface area contributed by atoms with E-state index in [4.69, 9.17) is 9.47 Å². The number of pyridine rings is 1. The van der Waals surface area contributed by atoms with Crippen LogP contribution in [0.5, 0.6) is 0 Å². The van der Waals surface area contributed by atoms with Crippen molar-refractivity contribution in [2.75, 3.05) is 34.0 Å². The second kappa shape index (κ2) is 8.11. The molecule has 3 heterocycles. The average molecular weight is 357 g/mol. The molecule has 0 unspecified atom stereocenters. The molecule has 0 fully saturated rings. The molecule has 0 bridgehead atoms. The van der Waals surface area contributed by atoms with Gasteiger partial charge in [-0.2, -0.15) is 0 Å². The fraction of sp³-hybridized carbons (Fsp3) is 0.389. The summed E-state index contributed by atoms with van der Waals surface area (Å²) in [6.45, 7) is 4.14. The Bertz CT molecular complexity index is 900. The van der Waals surface area contributed by atoms with Crippen LogP contribution in [0.3, 0.4) is 0 Å². The van der Waals surface area contributed by atoms with Gasteiger partial charge in [-0.25, -0.2) is 9.97 Å². The second-order valence-corrected chi connectivity index (χ2v) is 5.85. The van der Waals surface area contributed by atoms with Crippen molar-refractivity contribution >= 4 is 11.4 Å². The van der Waals surface area contributed by atoms with Crippen molar-refractivity contribution in [2.24, 2.45) is 0 Å². The van der Waals surface area contributed by atoms with Gasteiger partial charge < -0.3 is 19.4 Å². The van der Waals surface area contributed by atoms with E-state index in [-0.39, 0.29) is 5.91 Å². The minimum atomic E-state index is -0.229. The van der Waals surface area contributed by atoms with Crippen LogP contribution in [0, 0.1) is 6.92 Å². The number of hydrogen-bond donors (Lipinski definition) is 1. The van der Waals surface area contributed by atoms with E-state index in [1.54, 1.807) is 14.2 Å². The van der Waals surface area contributed by atoms with Crippen molar-refractivity contribution in [3.05, 3.63) is 42.1 Å². The molecule has 0 aliphatic rings. The summed E-state index contributed by atoms with van der Waals surface area (Å²) in [5.41, 5.74) is 1.83. The molecule has 0 aliphatic heterocycles. The molecule has 0 saturated carbocycles. The lowest BCUT2D eigenvalue weighted by Crippen LogP contribution is -2.27. The second-order valence-electron chi connectivity index (χ2n) is 5.85. The highest BCUT2D eigenvalue weighted by Crippen LogP contribution is 2.22. The van der Waals surface area contributed by atoms with Gasteiger partial charge in [0.25, 0.3) is 5.91 Å². The number of fused-ring (bicyclic) bond motifs is 1. The molecule has 0 aliphatic carbocycles. The maximum absolute atomic E-state index is 12.5. The van der Waals surface area contributed by atoms with Crippen molar-refractivity contribution in [1.29, 1.82) is 0 Å². The first kappa shape index (κ1) is 18.1. The summed E-state index contributed by atoms with van der Waals surface area (Å²) in [6, 6.07) is 5.66. The number of nitrogens with zero attached hydrogens (tertiary/aromatic N) is 4. The van der Waals surface area contributed by atoms with E-state index in [1.165, 1.54) is 0 Å². The summed E-state index contributed by atoms with van der Waals surface area (Å²) in [6.07, 6.45) is 3.82. The van der Waals surface area contributed by atoms with E-state index in [9.17, 15) is 4.79 Å².